The highest BCUT2D eigenvalue weighted by Gasteiger charge is 2.24. The maximum atomic E-state index is 12.5. The number of para-hydroxylation sites is 1. The molecule has 180 valence electrons. The molecule has 0 saturated carbocycles. The van der Waals surface area contributed by atoms with E-state index in [4.69, 9.17) is 14.2 Å². The number of nitrogens with zero attached hydrogens (tertiary/aromatic N) is 2. The number of rotatable bonds is 6. The van der Waals surface area contributed by atoms with Crippen LogP contribution in [0.4, 0.5) is 5.69 Å². The van der Waals surface area contributed by atoms with Crippen molar-refractivity contribution < 1.29 is 28.6 Å². The van der Waals surface area contributed by atoms with Crippen LogP contribution in [0.2, 0.25) is 0 Å². The number of benzene rings is 2. The lowest BCUT2D eigenvalue weighted by molar-refractivity contribution is -0.136. The highest BCUT2D eigenvalue weighted by molar-refractivity contribution is 5.94. The summed E-state index contributed by atoms with van der Waals surface area (Å²) in [5, 5.41) is 2.99. The van der Waals surface area contributed by atoms with Crippen LogP contribution in [-0.2, 0) is 14.3 Å². The Morgan fingerprint density at radius 2 is 1.62 bits per heavy atom. The first-order valence-electron chi connectivity index (χ1n) is 11.3. The van der Waals surface area contributed by atoms with Crippen molar-refractivity contribution >= 4 is 23.5 Å². The number of amides is 2. The average molecular weight is 468 g/mol. The summed E-state index contributed by atoms with van der Waals surface area (Å²) >= 11 is 0. The standard InChI is InChI=1S/C25H29N3O6/c1-17-4-3-5-18(2)24(17)26-22(29)15-27-8-10-28(11-9-27)23(30)16-34-25(31)19-6-7-20-21(14-19)33-13-12-32-20/h3-7,14H,8-13,15-16H2,1-2H3,(H,26,29). The van der Waals surface area contributed by atoms with Gasteiger partial charge in [0.05, 0.1) is 12.1 Å². The van der Waals surface area contributed by atoms with E-state index < -0.39 is 5.97 Å². The number of carbonyl (C=O) groups is 3. The lowest BCUT2D eigenvalue weighted by Gasteiger charge is -2.34. The lowest BCUT2D eigenvalue weighted by atomic mass is 10.1. The molecule has 1 fully saturated rings. The maximum Gasteiger partial charge on any atom is 0.338 e. The van der Waals surface area contributed by atoms with E-state index in [2.05, 4.69) is 5.32 Å². The van der Waals surface area contributed by atoms with Gasteiger partial charge in [-0.1, -0.05) is 18.2 Å². The zero-order valence-corrected chi connectivity index (χ0v) is 19.5. The summed E-state index contributed by atoms with van der Waals surface area (Å²) in [6, 6.07) is 10.7. The minimum absolute atomic E-state index is 0.0782. The molecule has 0 aliphatic carbocycles. The Balaban J connectivity index is 1.21. The molecule has 0 spiro atoms. The predicted octanol–water partition coefficient (Wildman–Crippen LogP) is 2.01. The fourth-order valence-corrected chi connectivity index (χ4v) is 4.02. The molecular weight excluding hydrogens is 438 g/mol. The van der Waals surface area contributed by atoms with Gasteiger partial charge in [-0.3, -0.25) is 14.5 Å². The lowest BCUT2D eigenvalue weighted by Crippen LogP contribution is -2.51. The van der Waals surface area contributed by atoms with E-state index in [1.54, 1.807) is 23.1 Å². The first-order chi connectivity index (χ1) is 16.4. The van der Waals surface area contributed by atoms with Gasteiger partial charge in [0.15, 0.2) is 18.1 Å². The van der Waals surface area contributed by atoms with Gasteiger partial charge in [-0.05, 0) is 43.2 Å². The molecule has 0 aromatic heterocycles. The van der Waals surface area contributed by atoms with Crippen molar-refractivity contribution in [1.82, 2.24) is 9.80 Å². The average Bonchev–Trinajstić information content (AvgIpc) is 2.85. The summed E-state index contributed by atoms with van der Waals surface area (Å²) in [5.41, 5.74) is 3.20. The topological polar surface area (TPSA) is 97.4 Å². The molecule has 2 aliphatic heterocycles. The molecule has 9 nitrogen and oxygen atoms in total. The molecular formula is C25H29N3O6. The van der Waals surface area contributed by atoms with Gasteiger partial charge < -0.3 is 24.4 Å². The van der Waals surface area contributed by atoms with Crippen molar-refractivity contribution in [3.8, 4) is 11.5 Å². The maximum absolute atomic E-state index is 12.5. The van der Waals surface area contributed by atoms with Crippen molar-refractivity contribution in [1.29, 1.82) is 0 Å². The van der Waals surface area contributed by atoms with Crippen LogP contribution in [0.1, 0.15) is 21.5 Å². The number of piperazine rings is 1. The summed E-state index contributed by atoms with van der Waals surface area (Å²) in [6.45, 7) is 6.83. The van der Waals surface area contributed by atoms with Gasteiger partial charge in [0.1, 0.15) is 13.2 Å². The highest BCUT2D eigenvalue weighted by atomic mass is 16.6. The molecule has 2 amide bonds. The quantitative estimate of drug-likeness (QED) is 0.649. The largest absolute Gasteiger partial charge is 0.486 e. The zero-order chi connectivity index (χ0) is 24.1. The van der Waals surface area contributed by atoms with Gasteiger partial charge in [-0.25, -0.2) is 4.79 Å². The monoisotopic (exact) mass is 467 g/mol. The van der Waals surface area contributed by atoms with Crippen LogP contribution in [-0.4, -0.2) is 80.1 Å². The van der Waals surface area contributed by atoms with Crippen molar-refractivity contribution in [2.24, 2.45) is 0 Å². The Morgan fingerprint density at radius 3 is 2.32 bits per heavy atom. The Kier molecular flexibility index (Phi) is 7.32. The van der Waals surface area contributed by atoms with Crippen molar-refractivity contribution in [3.05, 3.63) is 53.1 Å². The molecule has 4 rings (SSSR count). The molecule has 34 heavy (non-hydrogen) atoms. The van der Waals surface area contributed by atoms with Gasteiger partial charge in [0.2, 0.25) is 5.91 Å². The van der Waals surface area contributed by atoms with Crippen molar-refractivity contribution in [2.45, 2.75) is 13.8 Å². The highest BCUT2D eigenvalue weighted by Crippen LogP contribution is 2.31. The number of nitrogens with one attached hydrogen (secondary N) is 1. The van der Waals surface area contributed by atoms with E-state index in [1.807, 2.05) is 36.9 Å². The number of aryl methyl sites for hydroxylation is 2. The minimum Gasteiger partial charge on any atom is -0.486 e. The zero-order valence-electron chi connectivity index (χ0n) is 19.5. The molecule has 9 heteroatoms. The van der Waals surface area contributed by atoms with Crippen molar-refractivity contribution in [3.63, 3.8) is 0 Å². The molecule has 1 saturated heterocycles. The summed E-state index contributed by atoms with van der Waals surface area (Å²) in [4.78, 5) is 41.0. The minimum atomic E-state index is -0.591. The molecule has 2 aromatic rings. The number of fused-ring (bicyclic) bond motifs is 1. The van der Waals surface area contributed by atoms with Crippen LogP contribution in [0.3, 0.4) is 0 Å². The van der Waals surface area contributed by atoms with Crippen LogP contribution >= 0.6 is 0 Å². The SMILES string of the molecule is Cc1cccc(C)c1NC(=O)CN1CCN(C(=O)COC(=O)c2ccc3c(c2)OCCO3)CC1. The number of carbonyl (C=O) groups excluding carboxylic acids is 3. The van der Waals surface area contributed by atoms with Crippen LogP contribution < -0.4 is 14.8 Å². The number of esters is 1. The third kappa shape index (κ3) is 5.66. The normalized spacial score (nSPS) is 15.5. The second-order valence-electron chi connectivity index (χ2n) is 8.41. The first-order valence-corrected chi connectivity index (χ1v) is 11.3. The summed E-state index contributed by atoms with van der Waals surface area (Å²) < 4.78 is 16.1. The van der Waals surface area contributed by atoms with Gasteiger partial charge in [-0.2, -0.15) is 0 Å². The number of hydrogen-bond donors (Lipinski definition) is 1. The Labute approximate surface area is 198 Å². The second kappa shape index (κ2) is 10.6. The van der Waals surface area contributed by atoms with Gasteiger partial charge in [0, 0.05) is 31.9 Å². The van der Waals surface area contributed by atoms with Gasteiger partial charge in [-0.15, -0.1) is 0 Å². The Hall–Kier alpha value is -3.59. The van der Waals surface area contributed by atoms with Gasteiger partial charge in [0.25, 0.3) is 5.91 Å². The van der Waals surface area contributed by atoms with E-state index in [0.717, 1.165) is 16.8 Å². The van der Waals surface area contributed by atoms with Crippen LogP contribution in [0, 0.1) is 13.8 Å². The van der Waals surface area contributed by atoms with E-state index in [1.165, 1.54) is 0 Å². The molecule has 0 unspecified atom stereocenters. The first kappa shape index (κ1) is 23.6. The third-order valence-corrected chi connectivity index (χ3v) is 5.94. The molecule has 0 radical (unpaired) electrons. The Morgan fingerprint density at radius 1 is 0.941 bits per heavy atom. The van der Waals surface area contributed by atoms with Gasteiger partial charge >= 0.3 is 5.97 Å². The number of ether oxygens (including phenoxy) is 3. The fraction of sp³-hybridized carbons (Fsp3) is 0.400. The van der Waals surface area contributed by atoms with E-state index in [0.29, 0.717) is 56.5 Å². The number of hydrogen-bond acceptors (Lipinski definition) is 7. The summed E-state index contributed by atoms with van der Waals surface area (Å²) in [7, 11) is 0. The van der Waals surface area contributed by atoms with E-state index in [-0.39, 0.29) is 25.0 Å². The van der Waals surface area contributed by atoms with Crippen LogP contribution in [0.15, 0.2) is 36.4 Å². The summed E-state index contributed by atoms with van der Waals surface area (Å²) in [5.74, 6) is 0.146. The van der Waals surface area contributed by atoms with Crippen LogP contribution in [0.25, 0.3) is 0 Å². The van der Waals surface area contributed by atoms with E-state index >= 15 is 0 Å². The van der Waals surface area contributed by atoms with Crippen molar-refractivity contribution in [2.75, 3.05) is 57.9 Å². The predicted molar refractivity (Wildman–Crippen MR) is 125 cm³/mol. The van der Waals surface area contributed by atoms with E-state index in [9.17, 15) is 14.4 Å². The summed E-state index contributed by atoms with van der Waals surface area (Å²) in [6.07, 6.45) is 0. The number of anilines is 1. The third-order valence-electron chi connectivity index (χ3n) is 5.94. The molecule has 1 N–H and O–H groups in total. The molecule has 2 heterocycles. The smallest absolute Gasteiger partial charge is 0.338 e. The molecule has 2 aromatic carbocycles. The van der Waals surface area contributed by atoms with Crippen LogP contribution in [0.5, 0.6) is 11.5 Å². The fourth-order valence-electron chi connectivity index (χ4n) is 4.02. The second-order valence-corrected chi connectivity index (χ2v) is 8.41. The molecule has 2 aliphatic rings. The Bertz CT molecular complexity index is 1060. The molecule has 0 bridgehead atoms. The molecule has 0 atom stereocenters.